The van der Waals surface area contributed by atoms with Gasteiger partial charge in [-0.3, -0.25) is 9.69 Å². The summed E-state index contributed by atoms with van der Waals surface area (Å²) in [7, 11) is 0. The smallest absolute Gasteiger partial charge is 0.234 e. The van der Waals surface area contributed by atoms with Crippen LogP contribution in [0.1, 0.15) is 23.3 Å². The Morgan fingerprint density at radius 3 is 2.92 bits per heavy atom. The van der Waals surface area contributed by atoms with Crippen molar-refractivity contribution in [2.45, 2.75) is 32.0 Å². The first-order valence-corrected chi connectivity index (χ1v) is 9.45. The van der Waals surface area contributed by atoms with Crippen molar-refractivity contribution < 1.29 is 13.9 Å². The zero-order valence-electron chi connectivity index (χ0n) is 14.1. The molecule has 0 saturated carbocycles. The molecule has 1 fully saturated rings. The van der Waals surface area contributed by atoms with E-state index in [4.69, 9.17) is 4.74 Å². The first-order valence-electron chi connectivity index (χ1n) is 8.57. The van der Waals surface area contributed by atoms with Crippen molar-refractivity contribution in [2.24, 2.45) is 0 Å². The summed E-state index contributed by atoms with van der Waals surface area (Å²) in [6, 6.07) is 10.6. The highest BCUT2D eigenvalue weighted by atomic mass is 32.1. The number of hydrogen-bond donors (Lipinski definition) is 1. The summed E-state index contributed by atoms with van der Waals surface area (Å²) in [4.78, 5) is 15.7. The Morgan fingerprint density at radius 2 is 2.20 bits per heavy atom. The molecular weight excluding hydrogens is 339 g/mol. The number of halogens is 1. The van der Waals surface area contributed by atoms with Crippen molar-refractivity contribution in [3.63, 3.8) is 0 Å². The lowest BCUT2D eigenvalue weighted by molar-refractivity contribution is -0.122. The minimum Gasteiger partial charge on any atom is -0.377 e. The third kappa shape index (κ3) is 5.63. The summed E-state index contributed by atoms with van der Waals surface area (Å²) >= 11 is 1.68. The standard InChI is InChI=1S/C19H23FN2O2S/c20-18-8-2-1-5-15(18)11-21-19(23)14-22(12-16-6-3-9-24-16)13-17-7-4-10-25-17/h1-2,4-5,7-8,10,16H,3,6,9,11-14H2,(H,21,23). The zero-order valence-corrected chi connectivity index (χ0v) is 14.9. The number of carbonyl (C=O) groups excluding carboxylic acids is 1. The van der Waals surface area contributed by atoms with Crippen LogP contribution in [0.3, 0.4) is 0 Å². The lowest BCUT2D eigenvalue weighted by Gasteiger charge is -2.24. The first kappa shape index (κ1) is 18.0. The number of nitrogens with one attached hydrogen (secondary N) is 1. The van der Waals surface area contributed by atoms with Gasteiger partial charge in [-0.1, -0.05) is 24.3 Å². The normalized spacial score (nSPS) is 17.1. The highest BCUT2D eigenvalue weighted by Gasteiger charge is 2.21. The van der Waals surface area contributed by atoms with Crippen LogP contribution in [0.4, 0.5) is 4.39 Å². The van der Waals surface area contributed by atoms with E-state index in [0.717, 1.165) is 32.5 Å². The summed E-state index contributed by atoms with van der Waals surface area (Å²) in [5, 5.41) is 4.86. The lowest BCUT2D eigenvalue weighted by Crippen LogP contribution is -2.40. The van der Waals surface area contributed by atoms with Gasteiger partial charge in [0.05, 0.1) is 12.6 Å². The Labute approximate surface area is 151 Å². The molecule has 3 rings (SSSR count). The van der Waals surface area contributed by atoms with Crippen LogP contribution < -0.4 is 5.32 Å². The Morgan fingerprint density at radius 1 is 1.32 bits per heavy atom. The van der Waals surface area contributed by atoms with Gasteiger partial charge >= 0.3 is 0 Å². The monoisotopic (exact) mass is 362 g/mol. The van der Waals surface area contributed by atoms with Crippen molar-refractivity contribution in [2.75, 3.05) is 19.7 Å². The van der Waals surface area contributed by atoms with Crippen LogP contribution in [0.15, 0.2) is 41.8 Å². The van der Waals surface area contributed by atoms with Crippen molar-refractivity contribution in [3.05, 3.63) is 58.0 Å². The maximum Gasteiger partial charge on any atom is 0.234 e. The molecule has 1 N–H and O–H groups in total. The molecule has 1 amide bonds. The number of amides is 1. The molecule has 0 radical (unpaired) electrons. The number of ether oxygens (including phenoxy) is 1. The van der Waals surface area contributed by atoms with E-state index in [-0.39, 0.29) is 30.9 Å². The molecule has 1 unspecified atom stereocenters. The van der Waals surface area contributed by atoms with Crippen LogP contribution in [-0.4, -0.2) is 36.6 Å². The number of rotatable bonds is 8. The second-order valence-electron chi connectivity index (χ2n) is 6.25. The summed E-state index contributed by atoms with van der Waals surface area (Å²) < 4.78 is 19.4. The van der Waals surface area contributed by atoms with Gasteiger partial charge in [-0.15, -0.1) is 11.3 Å². The molecule has 1 aliphatic heterocycles. The van der Waals surface area contributed by atoms with Gasteiger partial charge in [0, 0.05) is 36.7 Å². The van der Waals surface area contributed by atoms with E-state index in [0.29, 0.717) is 5.56 Å². The molecular formula is C19H23FN2O2S. The van der Waals surface area contributed by atoms with Gasteiger partial charge in [0.15, 0.2) is 0 Å². The van der Waals surface area contributed by atoms with Gasteiger partial charge in [0.1, 0.15) is 5.82 Å². The Hall–Kier alpha value is -1.76. The Bertz CT molecular complexity index is 672. The third-order valence-corrected chi connectivity index (χ3v) is 5.11. The molecule has 1 aliphatic rings. The fourth-order valence-corrected chi connectivity index (χ4v) is 3.72. The average Bonchev–Trinajstić information content (AvgIpc) is 3.28. The highest BCUT2D eigenvalue weighted by Crippen LogP contribution is 2.17. The number of benzene rings is 1. The van der Waals surface area contributed by atoms with Gasteiger partial charge in [-0.25, -0.2) is 4.39 Å². The van der Waals surface area contributed by atoms with Gasteiger partial charge in [0.2, 0.25) is 5.91 Å². The number of nitrogens with zero attached hydrogens (tertiary/aromatic N) is 1. The molecule has 1 atom stereocenters. The largest absolute Gasteiger partial charge is 0.377 e. The van der Waals surface area contributed by atoms with Crippen LogP contribution in [0.5, 0.6) is 0 Å². The highest BCUT2D eigenvalue weighted by molar-refractivity contribution is 7.09. The third-order valence-electron chi connectivity index (χ3n) is 4.25. The van der Waals surface area contributed by atoms with Gasteiger partial charge in [0.25, 0.3) is 0 Å². The molecule has 4 nitrogen and oxygen atoms in total. The maximum atomic E-state index is 13.6. The van der Waals surface area contributed by atoms with E-state index in [1.165, 1.54) is 10.9 Å². The fourth-order valence-electron chi connectivity index (χ4n) is 2.98. The number of hydrogen-bond acceptors (Lipinski definition) is 4. The van der Waals surface area contributed by atoms with Gasteiger partial charge in [-0.05, 0) is 30.4 Å². The molecule has 1 aromatic carbocycles. The first-order chi connectivity index (χ1) is 12.2. The summed E-state index contributed by atoms with van der Waals surface area (Å²) in [5.74, 6) is -0.393. The molecule has 0 aliphatic carbocycles. The predicted molar refractivity (Wildman–Crippen MR) is 96.8 cm³/mol. The SMILES string of the molecule is O=C(CN(Cc1cccs1)CC1CCCO1)NCc1ccccc1F. The molecule has 1 aromatic heterocycles. The van der Waals surface area contributed by atoms with Crippen LogP contribution in [0.2, 0.25) is 0 Å². The van der Waals surface area contributed by atoms with E-state index in [2.05, 4.69) is 16.3 Å². The maximum absolute atomic E-state index is 13.6. The average molecular weight is 362 g/mol. The van der Waals surface area contributed by atoms with Crippen LogP contribution in [0.25, 0.3) is 0 Å². The fraction of sp³-hybridized carbons (Fsp3) is 0.421. The predicted octanol–water partition coefficient (Wildman–Crippen LogP) is 3.18. The summed E-state index contributed by atoms with van der Waals surface area (Å²) in [6.45, 7) is 2.76. The Kier molecular flexibility index (Phi) is 6.55. The van der Waals surface area contributed by atoms with E-state index in [9.17, 15) is 9.18 Å². The number of thiophene rings is 1. The summed E-state index contributed by atoms with van der Waals surface area (Å²) in [6.07, 6.45) is 2.31. The van der Waals surface area contributed by atoms with Crippen LogP contribution in [0, 0.1) is 5.82 Å². The minimum atomic E-state index is -0.294. The summed E-state index contributed by atoms with van der Waals surface area (Å²) in [5.41, 5.74) is 0.500. The minimum absolute atomic E-state index is 0.0993. The quantitative estimate of drug-likeness (QED) is 0.784. The molecule has 1 saturated heterocycles. The van der Waals surface area contributed by atoms with Crippen molar-refractivity contribution in [1.82, 2.24) is 10.2 Å². The molecule has 25 heavy (non-hydrogen) atoms. The topological polar surface area (TPSA) is 41.6 Å². The van der Waals surface area contributed by atoms with Crippen molar-refractivity contribution >= 4 is 17.2 Å². The van der Waals surface area contributed by atoms with Crippen LogP contribution in [-0.2, 0) is 22.6 Å². The van der Waals surface area contributed by atoms with Crippen LogP contribution >= 0.6 is 11.3 Å². The Balaban J connectivity index is 1.54. The second-order valence-corrected chi connectivity index (χ2v) is 7.28. The molecule has 6 heteroatoms. The molecule has 2 heterocycles. The van der Waals surface area contributed by atoms with E-state index in [1.54, 1.807) is 29.5 Å². The van der Waals surface area contributed by atoms with Gasteiger partial charge in [-0.2, -0.15) is 0 Å². The molecule has 0 bridgehead atoms. The van der Waals surface area contributed by atoms with E-state index >= 15 is 0 Å². The molecule has 0 spiro atoms. The van der Waals surface area contributed by atoms with Crippen molar-refractivity contribution in [1.29, 1.82) is 0 Å². The molecule has 2 aromatic rings. The zero-order chi connectivity index (χ0) is 17.5. The van der Waals surface area contributed by atoms with E-state index < -0.39 is 0 Å². The molecule has 134 valence electrons. The van der Waals surface area contributed by atoms with Gasteiger partial charge < -0.3 is 10.1 Å². The lowest BCUT2D eigenvalue weighted by atomic mass is 10.2. The second kappa shape index (κ2) is 9.08. The number of carbonyl (C=O) groups is 1. The van der Waals surface area contributed by atoms with E-state index in [1.807, 2.05) is 11.4 Å². The van der Waals surface area contributed by atoms with Crippen molar-refractivity contribution in [3.8, 4) is 0 Å².